The molecule has 2 nitrogen and oxygen atoms in total. The monoisotopic (exact) mass is 245 g/mol. The van der Waals surface area contributed by atoms with Crippen molar-refractivity contribution in [3.8, 4) is 11.5 Å². The van der Waals surface area contributed by atoms with Crippen molar-refractivity contribution in [2.75, 3.05) is 0 Å². The summed E-state index contributed by atoms with van der Waals surface area (Å²) in [6, 6.07) is 10.3. The summed E-state index contributed by atoms with van der Waals surface area (Å²) >= 11 is 0. The third-order valence-corrected chi connectivity index (χ3v) is 2.81. The second-order valence-corrected chi connectivity index (χ2v) is 4.33. The summed E-state index contributed by atoms with van der Waals surface area (Å²) in [5, 5.41) is 0. The lowest BCUT2D eigenvalue weighted by molar-refractivity contribution is 0.467. The Morgan fingerprint density at radius 3 is 2.56 bits per heavy atom. The topological polar surface area (TPSA) is 35.2 Å². The van der Waals surface area contributed by atoms with Crippen LogP contribution in [0.3, 0.4) is 0 Å². The smallest absolute Gasteiger partial charge is 0.133 e. The predicted molar refractivity (Wildman–Crippen MR) is 70.3 cm³/mol. The standard InChI is InChI=1S/C15H16FNO/c1-10-3-6-14(12(7-10)9-17)18-15-8-13(16)5-4-11(15)2/h3-8H,9,17H2,1-2H3. The molecule has 0 aliphatic rings. The van der Waals surface area contributed by atoms with Gasteiger partial charge in [-0.1, -0.05) is 23.8 Å². The highest BCUT2D eigenvalue weighted by atomic mass is 19.1. The minimum Gasteiger partial charge on any atom is -0.457 e. The summed E-state index contributed by atoms with van der Waals surface area (Å²) in [7, 11) is 0. The number of halogens is 1. The van der Waals surface area contributed by atoms with E-state index < -0.39 is 0 Å². The molecular formula is C15H16FNO. The molecule has 2 aromatic carbocycles. The Balaban J connectivity index is 2.36. The molecule has 0 aliphatic heterocycles. The number of ether oxygens (including phenoxy) is 1. The van der Waals surface area contributed by atoms with Crippen molar-refractivity contribution in [2.24, 2.45) is 5.73 Å². The van der Waals surface area contributed by atoms with Gasteiger partial charge in [0.2, 0.25) is 0 Å². The summed E-state index contributed by atoms with van der Waals surface area (Å²) < 4.78 is 18.9. The molecule has 0 fully saturated rings. The van der Waals surface area contributed by atoms with Crippen LogP contribution >= 0.6 is 0 Å². The van der Waals surface area contributed by atoms with E-state index in [1.54, 1.807) is 6.07 Å². The molecule has 0 radical (unpaired) electrons. The molecule has 0 saturated heterocycles. The molecule has 3 heteroatoms. The van der Waals surface area contributed by atoms with Crippen LogP contribution in [0, 0.1) is 19.7 Å². The van der Waals surface area contributed by atoms with E-state index in [0.29, 0.717) is 18.0 Å². The van der Waals surface area contributed by atoms with Crippen LogP contribution in [0.4, 0.5) is 4.39 Å². The van der Waals surface area contributed by atoms with Gasteiger partial charge in [0, 0.05) is 18.2 Å². The second-order valence-electron chi connectivity index (χ2n) is 4.33. The first-order valence-corrected chi connectivity index (χ1v) is 5.84. The van der Waals surface area contributed by atoms with Crippen LogP contribution in [0.25, 0.3) is 0 Å². The molecule has 0 atom stereocenters. The Morgan fingerprint density at radius 1 is 1.06 bits per heavy atom. The van der Waals surface area contributed by atoms with Crippen LogP contribution in [0.15, 0.2) is 36.4 Å². The maximum atomic E-state index is 13.2. The molecule has 18 heavy (non-hydrogen) atoms. The van der Waals surface area contributed by atoms with Crippen molar-refractivity contribution >= 4 is 0 Å². The predicted octanol–water partition coefficient (Wildman–Crippen LogP) is 3.69. The molecule has 2 aromatic rings. The molecule has 0 amide bonds. The maximum Gasteiger partial charge on any atom is 0.133 e. The molecule has 0 spiro atoms. The van der Waals surface area contributed by atoms with Crippen LogP contribution < -0.4 is 10.5 Å². The first-order chi connectivity index (χ1) is 8.60. The van der Waals surface area contributed by atoms with Crippen molar-refractivity contribution in [2.45, 2.75) is 20.4 Å². The largest absolute Gasteiger partial charge is 0.457 e. The SMILES string of the molecule is Cc1ccc(Oc2cc(F)ccc2C)c(CN)c1. The molecule has 0 heterocycles. The van der Waals surface area contributed by atoms with Crippen LogP contribution in [0.5, 0.6) is 11.5 Å². The molecule has 2 N–H and O–H groups in total. The molecule has 0 bridgehead atoms. The first-order valence-electron chi connectivity index (χ1n) is 5.84. The molecular weight excluding hydrogens is 229 g/mol. The van der Waals surface area contributed by atoms with E-state index in [-0.39, 0.29) is 5.82 Å². The maximum absolute atomic E-state index is 13.2. The fourth-order valence-electron chi connectivity index (χ4n) is 1.77. The molecule has 0 unspecified atom stereocenters. The van der Waals surface area contributed by atoms with Gasteiger partial charge in [0.1, 0.15) is 17.3 Å². The zero-order valence-corrected chi connectivity index (χ0v) is 10.5. The zero-order chi connectivity index (χ0) is 13.1. The van der Waals surface area contributed by atoms with E-state index in [4.69, 9.17) is 10.5 Å². The normalized spacial score (nSPS) is 10.4. The van der Waals surface area contributed by atoms with E-state index in [2.05, 4.69) is 0 Å². The highest BCUT2D eigenvalue weighted by molar-refractivity contribution is 5.42. The Bertz CT molecular complexity index is 566. The number of nitrogens with two attached hydrogens (primary N) is 1. The van der Waals surface area contributed by atoms with Gasteiger partial charge < -0.3 is 10.5 Å². The number of aryl methyl sites for hydroxylation is 2. The molecule has 0 aromatic heterocycles. The quantitative estimate of drug-likeness (QED) is 0.895. The Labute approximate surface area is 106 Å². The number of benzene rings is 2. The summed E-state index contributed by atoms with van der Waals surface area (Å²) in [6.45, 7) is 4.27. The van der Waals surface area contributed by atoms with Gasteiger partial charge in [-0.05, 0) is 31.5 Å². The first kappa shape index (κ1) is 12.6. The van der Waals surface area contributed by atoms with Gasteiger partial charge in [-0.3, -0.25) is 0 Å². The van der Waals surface area contributed by atoms with Gasteiger partial charge in [0.25, 0.3) is 0 Å². The van der Waals surface area contributed by atoms with Gasteiger partial charge in [-0.25, -0.2) is 4.39 Å². The van der Waals surface area contributed by atoms with Crippen molar-refractivity contribution in [1.29, 1.82) is 0 Å². The van der Waals surface area contributed by atoms with E-state index in [0.717, 1.165) is 16.7 Å². The average molecular weight is 245 g/mol. The Morgan fingerprint density at radius 2 is 1.83 bits per heavy atom. The lowest BCUT2D eigenvalue weighted by Gasteiger charge is -2.12. The molecule has 94 valence electrons. The molecule has 0 aliphatic carbocycles. The van der Waals surface area contributed by atoms with Crippen LogP contribution in [0.1, 0.15) is 16.7 Å². The highest BCUT2D eigenvalue weighted by Gasteiger charge is 2.07. The number of hydrogen-bond acceptors (Lipinski definition) is 2. The molecule has 0 saturated carbocycles. The summed E-state index contributed by atoms with van der Waals surface area (Å²) in [5.41, 5.74) is 8.62. The van der Waals surface area contributed by atoms with E-state index in [1.807, 2.05) is 32.0 Å². The Hall–Kier alpha value is -1.87. The van der Waals surface area contributed by atoms with E-state index in [9.17, 15) is 4.39 Å². The third kappa shape index (κ3) is 2.68. The summed E-state index contributed by atoms with van der Waals surface area (Å²) in [4.78, 5) is 0. The average Bonchev–Trinajstić information content (AvgIpc) is 2.36. The van der Waals surface area contributed by atoms with Gasteiger partial charge in [-0.15, -0.1) is 0 Å². The molecule has 2 rings (SSSR count). The van der Waals surface area contributed by atoms with E-state index in [1.165, 1.54) is 12.1 Å². The van der Waals surface area contributed by atoms with Gasteiger partial charge in [0.05, 0.1) is 0 Å². The highest BCUT2D eigenvalue weighted by Crippen LogP contribution is 2.28. The van der Waals surface area contributed by atoms with E-state index >= 15 is 0 Å². The minimum atomic E-state index is -0.308. The Kier molecular flexibility index (Phi) is 3.63. The fraction of sp³-hybridized carbons (Fsp3) is 0.200. The van der Waals surface area contributed by atoms with Crippen LogP contribution in [0.2, 0.25) is 0 Å². The van der Waals surface area contributed by atoms with Crippen molar-refractivity contribution < 1.29 is 9.13 Å². The fourth-order valence-corrected chi connectivity index (χ4v) is 1.77. The lowest BCUT2D eigenvalue weighted by Crippen LogP contribution is -2.00. The van der Waals surface area contributed by atoms with Crippen molar-refractivity contribution in [1.82, 2.24) is 0 Å². The van der Waals surface area contributed by atoms with Crippen molar-refractivity contribution in [3.63, 3.8) is 0 Å². The number of rotatable bonds is 3. The minimum absolute atomic E-state index is 0.308. The van der Waals surface area contributed by atoms with Crippen molar-refractivity contribution in [3.05, 3.63) is 58.9 Å². The lowest BCUT2D eigenvalue weighted by atomic mass is 10.1. The van der Waals surface area contributed by atoms with Gasteiger partial charge in [0.15, 0.2) is 0 Å². The second kappa shape index (κ2) is 5.19. The van der Waals surface area contributed by atoms with Crippen LogP contribution in [-0.2, 0) is 6.54 Å². The number of hydrogen-bond donors (Lipinski definition) is 1. The zero-order valence-electron chi connectivity index (χ0n) is 10.5. The third-order valence-electron chi connectivity index (χ3n) is 2.81. The van der Waals surface area contributed by atoms with Gasteiger partial charge in [-0.2, -0.15) is 0 Å². The summed E-state index contributed by atoms with van der Waals surface area (Å²) in [5.74, 6) is 0.891. The van der Waals surface area contributed by atoms with Gasteiger partial charge >= 0.3 is 0 Å². The summed E-state index contributed by atoms with van der Waals surface area (Å²) in [6.07, 6.45) is 0. The van der Waals surface area contributed by atoms with Crippen LogP contribution in [-0.4, -0.2) is 0 Å².